The lowest BCUT2D eigenvalue weighted by molar-refractivity contribution is -0.137. The fourth-order valence-corrected chi connectivity index (χ4v) is 0.565. The van der Waals surface area contributed by atoms with Crippen molar-refractivity contribution in [1.82, 2.24) is 0 Å². The Morgan fingerprint density at radius 3 is 2.00 bits per heavy atom. The third-order valence-corrected chi connectivity index (χ3v) is 1.05. The van der Waals surface area contributed by atoms with Gasteiger partial charge in [-0.1, -0.05) is 21.3 Å². The van der Waals surface area contributed by atoms with Crippen molar-refractivity contribution in [1.29, 1.82) is 0 Å². The molecular weight excluding hydrogens is 144 g/mol. The Morgan fingerprint density at radius 1 is 1.09 bits per heavy atom. The smallest absolute Gasteiger partial charge is 0.303 e. The number of carboxylic acid groups (broad SMARTS) is 1. The van der Waals surface area contributed by atoms with E-state index in [4.69, 9.17) is 10.2 Å². The number of carbonyl (C=O) groups is 1. The molecule has 0 bridgehead atoms. The minimum atomic E-state index is -0.757. The highest BCUT2D eigenvalue weighted by Crippen LogP contribution is 1.97. The fourth-order valence-electron chi connectivity index (χ4n) is 0.565. The van der Waals surface area contributed by atoms with Crippen molar-refractivity contribution in [3.05, 3.63) is 0 Å². The van der Waals surface area contributed by atoms with Crippen LogP contribution in [0.3, 0.4) is 0 Å². The summed E-state index contributed by atoms with van der Waals surface area (Å²) < 4.78 is 0. The SMILES string of the molecule is C.C.O=C(O)CCCCCO. The molecule has 11 heavy (non-hydrogen) atoms. The minimum absolute atomic E-state index is 0. The molecule has 0 saturated carbocycles. The summed E-state index contributed by atoms with van der Waals surface area (Å²) >= 11 is 0. The van der Waals surface area contributed by atoms with Crippen LogP contribution >= 0.6 is 0 Å². The molecule has 0 aromatic heterocycles. The summed E-state index contributed by atoms with van der Waals surface area (Å²) in [4.78, 5) is 9.90. The molecule has 0 aliphatic rings. The number of carboxylic acids is 1. The van der Waals surface area contributed by atoms with Gasteiger partial charge in [-0.15, -0.1) is 0 Å². The Kier molecular flexibility index (Phi) is 18.5. The summed E-state index contributed by atoms with van der Waals surface area (Å²) in [6.07, 6.45) is 2.42. The number of aliphatic hydroxyl groups is 1. The highest BCUT2D eigenvalue weighted by molar-refractivity contribution is 5.66. The van der Waals surface area contributed by atoms with Gasteiger partial charge in [0.15, 0.2) is 0 Å². The van der Waals surface area contributed by atoms with Crippen LogP contribution in [0.4, 0.5) is 0 Å². The van der Waals surface area contributed by atoms with E-state index >= 15 is 0 Å². The zero-order valence-corrected chi connectivity index (χ0v) is 5.34. The molecule has 0 aliphatic heterocycles. The van der Waals surface area contributed by atoms with E-state index in [-0.39, 0.29) is 27.9 Å². The zero-order chi connectivity index (χ0) is 7.11. The predicted octanol–water partition coefficient (Wildman–Crippen LogP) is 1.90. The monoisotopic (exact) mass is 164 g/mol. The van der Waals surface area contributed by atoms with Crippen molar-refractivity contribution in [2.24, 2.45) is 0 Å². The van der Waals surface area contributed by atoms with Crippen LogP contribution in [0.5, 0.6) is 0 Å². The fraction of sp³-hybridized carbons (Fsp3) is 0.875. The predicted molar refractivity (Wildman–Crippen MR) is 46.7 cm³/mol. The molecule has 0 heterocycles. The van der Waals surface area contributed by atoms with Crippen molar-refractivity contribution in [3.63, 3.8) is 0 Å². The lowest BCUT2D eigenvalue weighted by Gasteiger charge is -1.92. The Morgan fingerprint density at radius 2 is 1.64 bits per heavy atom. The Labute approximate surface area is 69.1 Å². The molecule has 0 spiro atoms. The van der Waals surface area contributed by atoms with Gasteiger partial charge >= 0.3 is 5.97 Å². The van der Waals surface area contributed by atoms with Crippen molar-refractivity contribution < 1.29 is 15.0 Å². The lowest BCUT2D eigenvalue weighted by Crippen LogP contribution is -1.94. The van der Waals surface area contributed by atoms with Gasteiger partial charge < -0.3 is 10.2 Å². The summed E-state index contributed by atoms with van der Waals surface area (Å²) in [5.41, 5.74) is 0. The van der Waals surface area contributed by atoms with Crippen LogP contribution in [0.1, 0.15) is 40.5 Å². The molecule has 0 saturated heterocycles. The third kappa shape index (κ3) is 17.7. The maximum Gasteiger partial charge on any atom is 0.303 e. The number of hydrogen-bond donors (Lipinski definition) is 2. The van der Waals surface area contributed by atoms with Gasteiger partial charge in [0, 0.05) is 13.0 Å². The van der Waals surface area contributed by atoms with Crippen LogP contribution in [0.15, 0.2) is 0 Å². The van der Waals surface area contributed by atoms with Crippen LogP contribution in [0, 0.1) is 0 Å². The average molecular weight is 164 g/mol. The minimum Gasteiger partial charge on any atom is -0.481 e. The Hall–Kier alpha value is -0.570. The van der Waals surface area contributed by atoms with Gasteiger partial charge in [-0.25, -0.2) is 0 Å². The summed E-state index contributed by atoms with van der Waals surface area (Å²) in [5, 5.41) is 16.4. The van der Waals surface area contributed by atoms with E-state index in [9.17, 15) is 4.79 Å². The highest BCUT2D eigenvalue weighted by atomic mass is 16.4. The second kappa shape index (κ2) is 12.1. The molecule has 0 aromatic rings. The molecule has 0 amide bonds. The van der Waals surface area contributed by atoms with E-state index in [2.05, 4.69) is 0 Å². The van der Waals surface area contributed by atoms with Gasteiger partial charge in [0.05, 0.1) is 0 Å². The number of aliphatic carboxylic acids is 1. The van der Waals surface area contributed by atoms with Crippen molar-refractivity contribution in [3.8, 4) is 0 Å². The summed E-state index contributed by atoms with van der Waals surface area (Å²) in [7, 11) is 0. The van der Waals surface area contributed by atoms with E-state index < -0.39 is 5.97 Å². The zero-order valence-electron chi connectivity index (χ0n) is 5.34. The third-order valence-electron chi connectivity index (χ3n) is 1.05. The highest BCUT2D eigenvalue weighted by Gasteiger charge is 1.94. The molecule has 0 rings (SSSR count). The molecule has 0 radical (unpaired) electrons. The van der Waals surface area contributed by atoms with Crippen molar-refractivity contribution in [2.75, 3.05) is 6.61 Å². The number of aliphatic hydroxyl groups excluding tert-OH is 1. The van der Waals surface area contributed by atoms with Gasteiger partial charge in [0.25, 0.3) is 0 Å². The molecule has 0 aliphatic carbocycles. The van der Waals surface area contributed by atoms with Gasteiger partial charge in [-0.2, -0.15) is 0 Å². The largest absolute Gasteiger partial charge is 0.481 e. The molecule has 2 N–H and O–H groups in total. The standard InChI is InChI=1S/C6H12O3.2CH4/c7-5-3-1-2-4-6(8)9;;/h7H,1-5H2,(H,8,9);2*1H4. The van der Waals surface area contributed by atoms with Gasteiger partial charge in [0.2, 0.25) is 0 Å². The average Bonchev–Trinajstić information content (AvgIpc) is 1.80. The van der Waals surface area contributed by atoms with Crippen LogP contribution in [0.2, 0.25) is 0 Å². The molecule has 0 atom stereocenters. The quantitative estimate of drug-likeness (QED) is 0.610. The van der Waals surface area contributed by atoms with Crippen molar-refractivity contribution in [2.45, 2.75) is 40.5 Å². The molecule has 0 fully saturated rings. The normalized spacial score (nSPS) is 7.73. The maximum absolute atomic E-state index is 9.90. The van der Waals surface area contributed by atoms with Crippen LogP contribution in [-0.2, 0) is 4.79 Å². The first-order valence-electron chi connectivity index (χ1n) is 3.10. The first kappa shape index (κ1) is 16.8. The summed E-state index contributed by atoms with van der Waals surface area (Å²) in [6.45, 7) is 0.166. The molecule has 0 unspecified atom stereocenters. The number of hydrogen-bond acceptors (Lipinski definition) is 2. The Balaban J connectivity index is -0.000000320. The maximum atomic E-state index is 9.90. The second-order valence-corrected chi connectivity index (χ2v) is 1.93. The molecule has 3 nitrogen and oxygen atoms in total. The second-order valence-electron chi connectivity index (χ2n) is 1.93. The van der Waals surface area contributed by atoms with E-state index in [1.165, 1.54) is 0 Å². The molecule has 3 heteroatoms. The number of rotatable bonds is 5. The van der Waals surface area contributed by atoms with Gasteiger partial charge in [-0.3, -0.25) is 4.79 Å². The van der Waals surface area contributed by atoms with Crippen LogP contribution < -0.4 is 0 Å². The van der Waals surface area contributed by atoms with E-state index in [0.29, 0.717) is 12.8 Å². The van der Waals surface area contributed by atoms with Crippen molar-refractivity contribution >= 4 is 5.97 Å². The van der Waals surface area contributed by atoms with Gasteiger partial charge in [0.1, 0.15) is 0 Å². The topological polar surface area (TPSA) is 57.5 Å². The van der Waals surface area contributed by atoms with Gasteiger partial charge in [-0.05, 0) is 12.8 Å². The lowest BCUT2D eigenvalue weighted by atomic mass is 10.2. The Bertz CT molecular complexity index is 81.4. The van der Waals surface area contributed by atoms with Crippen LogP contribution in [0.25, 0.3) is 0 Å². The van der Waals surface area contributed by atoms with Crippen LogP contribution in [-0.4, -0.2) is 22.8 Å². The van der Waals surface area contributed by atoms with E-state index in [1.807, 2.05) is 0 Å². The molecule has 0 aromatic carbocycles. The first-order valence-corrected chi connectivity index (χ1v) is 3.10. The van der Waals surface area contributed by atoms with E-state index in [1.54, 1.807) is 0 Å². The summed E-state index contributed by atoms with van der Waals surface area (Å²) in [5.74, 6) is -0.757. The first-order chi connectivity index (χ1) is 4.27. The number of unbranched alkanes of at least 4 members (excludes halogenated alkanes) is 2. The van der Waals surface area contributed by atoms with E-state index in [0.717, 1.165) is 6.42 Å². The summed E-state index contributed by atoms with van der Waals surface area (Å²) in [6, 6.07) is 0. The molecular formula is C8H20O3. The molecule has 70 valence electrons.